The first-order chi connectivity index (χ1) is 46.0. The number of rotatable bonds is 17. The highest BCUT2D eigenvalue weighted by Gasteiger charge is 2.32. The molecule has 5 aromatic heterocycles. The summed E-state index contributed by atoms with van der Waals surface area (Å²) in [5, 5.41) is 31.6. The molecule has 3 aliphatic heterocycles. The highest BCUT2D eigenvalue weighted by Crippen LogP contribution is 2.41. The zero-order valence-electron chi connectivity index (χ0n) is 52.4. The molecule has 0 saturated heterocycles. The van der Waals surface area contributed by atoms with Gasteiger partial charge in [0.05, 0.1) is 21.1 Å². The molecular weight excluding hydrogens is 1300 g/mol. The number of para-hydroxylation sites is 3. The maximum Gasteiger partial charge on any atom is 0.305 e. The summed E-state index contributed by atoms with van der Waals surface area (Å²) in [6.45, 7) is 1.26. The Morgan fingerprint density at radius 3 is 1.39 bits per heavy atom. The molecule has 96 heavy (non-hydrogen) atoms. The van der Waals surface area contributed by atoms with Gasteiger partial charge in [0.15, 0.2) is 19.9 Å². The van der Waals surface area contributed by atoms with Crippen LogP contribution in [0.1, 0.15) is 101 Å². The van der Waals surface area contributed by atoms with Gasteiger partial charge < -0.3 is 29.0 Å². The second-order valence-electron chi connectivity index (χ2n) is 24.9. The minimum absolute atomic E-state index is 0.00543. The fourth-order valence-electron chi connectivity index (χ4n) is 14.2. The fourth-order valence-corrected chi connectivity index (χ4v) is 17.8. The molecule has 17 nitrogen and oxygen atoms in total. The summed E-state index contributed by atoms with van der Waals surface area (Å²) in [5.74, 6) is -2.72. The van der Waals surface area contributed by atoms with Gasteiger partial charge in [-0.05, 0) is 188 Å². The van der Waals surface area contributed by atoms with Crippen LogP contribution in [0, 0.1) is 17.7 Å². The molecule has 14 rings (SSSR count). The minimum Gasteiger partial charge on any atom is -0.481 e. The molecule has 0 amide bonds. The Hall–Kier alpha value is -9.28. The van der Waals surface area contributed by atoms with E-state index in [1.165, 1.54) is 54.2 Å². The topological polar surface area (TPSA) is 255 Å². The monoisotopic (exact) mass is 1370 g/mol. The lowest BCUT2D eigenvalue weighted by molar-refractivity contribution is -0.139. The van der Waals surface area contributed by atoms with Crippen molar-refractivity contribution in [1.29, 1.82) is 0 Å². The second-order valence-corrected chi connectivity index (χ2v) is 31.0. The summed E-state index contributed by atoms with van der Waals surface area (Å²) in [4.78, 5) is 42.9. The summed E-state index contributed by atoms with van der Waals surface area (Å²) in [7, 11) is -11.0. The van der Waals surface area contributed by atoms with E-state index < -0.39 is 53.2 Å². The average molecular weight is 1370 g/mol. The Morgan fingerprint density at radius 2 is 0.917 bits per heavy atom. The number of sulfone groups is 3. The predicted molar refractivity (Wildman–Crippen MR) is 363 cm³/mol. The Balaban J connectivity index is 0.000000138. The number of aromatic nitrogens is 5. The number of aliphatic carboxylic acids is 3. The first kappa shape index (κ1) is 66.7. The van der Waals surface area contributed by atoms with Crippen LogP contribution in [0.2, 0.25) is 5.02 Å². The third-order valence-corrected chi connectivity index (χ3v) is 23.5. The number of fused-ring (bicyclic) bond motifs is 9. The van der Waals surface area contributed by atoms with E-state index in [4.69, 9.17) is 11.6 Å². The van der Waals surface area contributed by atoms with Crippen molar-refractivity contribution < 1.29 is 59.3 Å². The van der Waals surface area contributed by atoms with Crippen molar-refractivity contribution in [3.8, 4) is 0 Å². The maximum absolute atomic E-state index is 13.4. The number of carboxylic acids is 3. The summed E-state index contributed by atoms with van der Waals surface area (Å²) in [6.07, 6.45) is 11.9. The number of carbonyl (C=O) groups is 3. The summed E-state index contributed by atoms with van der Waals surface area (Å²) in [5.41, 5.74) is 12.2. The van der Waals surface area contributed by atoms with Crippen LogP contribution in [0.5, 0.6) is 0 Å². The van der Waals surface area contributed by atoms with Crippen molar-refractivity contribution in [2.75, 3.05) is 6.26 Å². The van der Waals surface area contributed by atoms with Gasteiger partial charge in [-0.25, -0.2) is 39.6 Å². The summed E-state index contributed by atoms with van der Waals surface area (Å²) < 4.78 is 96.9. The Labute approximate surface area is 560 Å². The van der Waals surface area contributed by atoms with Crippen LogP contribution >= 0.6 is 11.6 Å². The SMILES string of the molecule is CS(=O)(=O)c1ccc(Cc2c3n(c4ccccc24)C(CC(=O)O)CCC3)cc1.O=C(O)CC1CCc2c(Cc3cccnc3S(=O)(=O)c3ccc(Cl)cc3)c3ccccc3n2C1.O=C(O)CC1CCc2c(Cc3cccnc3S(=O)(=O)c3ccc(F)cc3)c3ccccc3n2C1. The van der Waals surface area contributed by atoms with Crippen molar-refractivity contribution in [2.24, 2.45) is 11.8 Å². The van der Waals surface area contributed by atoms with E-state index in [-0.39, 0.29) is 57.0 Å². The Morgan fingerprint density at radius 1 is 0.490 bits per heavy atom. The third-order valence-electron chi connectivity index (χ3n) is 18.6. The molecule has 0 radical (unpaired) electrons. The molecule has 22 heteroatoms. The molecule has 0 saturated carbocycles. The van der Waals surface area contributed by atoms with Gasteiger partial charge >= 0.3 is 17.9 Å². The van der Waals surface area contributed by atoms with Gasteiger partial charge in [0.2, 0.25) is 19.7 Å². The van der Waals surface area contributed by atoms with Gasteiger partial charge in [0.1, 0.15) is 5.82 Å². The van der Waals surface area contributed by atoms with E-state index in [1.54, 1.807) is 42.5 Å². The summed E-state index contributed by atoms with van der Waals surface area (Å²) >= 11 is 5.95. The van der Waals surface area contributed by atoms with Gasteiger partial charge in [-0.3, -0.25) is 14.4 Å². The van der Waals surface area contributed by atoms with Gasteiger partial charge in [-0.2, -0.15) is 0 Å². The Kier molecular flexibility index (Phi) is 19.3. The van der Waals surface area contributed by atoms with E-state index in [1.807, 2.05) is 78.9 Å². The van der Waals surface area contributed by atoms with Gasteiger partial charge in [0.25, 0.3) is 0 Å². The number of carboxylic acid groups (broad SMARTS) is 3. The van der Waals surface area contributed by atoms with Crippen molar-refractivity contribution in [3.05, 3.63) is 244 Å². The van der Waals surface area contributed by atoms with Crippen molar-refractivity contribution in [2.45, 2.75) is 127 Å². The van der Waals surface area contributed by atoms with Crippen LogP contribution in [0.25, 0.3) is 32.7 Å². The van der Waals surface area contributed by atoms with Crippen LogP contribution in [0.3, 0.4) is 0 Å². The smallest absolute Gasteiger partial charge is 0.305 e. The zero-order valence-corrected chi connectivity index (χ0v) is 55.6. The van der Waals surface area contributed by atoms with Crippen LogP contribution in [-0.4, -0.2) is 88.4 Å². The molecule has 0 bridgehead atoms. The highest BCUT2D eigenvalue weighted by molar-refractivity contribution is 7.92. The van der Waals surface area contributed by atoms with E-state index in [2.05, 4.69) is 35.8 Å². The van der Waals surface area contributed by atoms with Gasteiger partial charge in [-0.15, -0.1) is 0 Å². The van der Waals surface area contributed by atoms with E-state index in [9.17, 15) is 59.3 Å². The van der Waals surface area contributed by atoms with Crippen LogP contribution in [0.4, 0.5) is 4.39 Å². The van der Waals surface area contributed by atoms with E-state index in [0.29, 0.717) is 53.4 Å². The van der Waals surface area contributed by atoms with Crippen molar-refractivity contribution >= 4 is 91.7 Å². The third kappa shape index (κ3) is 14.0. The number of nitrogens with zero attached hydrogens (tertiary/aromatic N) is 5. The number of halogens is 2. The van der Waals surface area contributed by atoms with Crippen molar-refractivity contribution in [3.63, 3.8) is 0 Å². The molecule has 0 aliphatic carbocycles. The molecule has 0 fully saturated rings. The molecule has 11 aromatic rings. The lowest BCUT2D eigenvalue weighted by Gasteiger charge is -2.26. The number of pyridine rings is 2. The van der Waals surface area contributed by atoms with Crippen LogP contribution in [0.15, 0.2) is 207 Å². The first-order valence-electron chi connectivity index (χ1n) is 31.7. The molecule has 3 atom stereocenters. The molecule has 494 valence electrons. The van der Waals surface area contributed by atoms with E-state index in [0.717, 1.165) is 118 Å². The van der Waals surface area contributed by atoms with Crippen LogP contribution < -0.4 is 0 Å². The quantitative estimate of drug-likeness (QED) is 0.0717. The van der Waals surface area contributed by atoms with Gasteiger partial charge in [0, 0.05) is 118 Å². The van der Waals surface area contributed by atoms with Crippen LogP contribution in [-0.2, 0) is 95.5 Å². The molecule has 6 aromatic carbocycles. The molecule has 0 spiro atoms. The lowest BCUT2D eigenvalue weighted by Crippen LogP contribution is -2.22. The normalized spacial score (nSPS) is 16.1. The zero-order chi connectivity index (χ0) is 67.6. The molecule has 3 unspecified atom stereocenters. The van der Waals surface area contributed by atoms with E-state index >= 15 is 0 Å². The number of hydrogen-bond acceptors (Lipinski definition) is 11. The number of benzene rings is 6. The average Bonchev–Trinajstić information content (AvgIpc) is 1.56. The van der Waals surface area contributed by atoms with Gasteiger partial charge in [-0.1, -0.05) is 90.5 Å². The lowest BCUT2D eigenvalue weighted by atomic mass is 9.92. The largest absolute Gasteiger partial charge is 0.481 e. The number of hydrogen-bond donors (Lipinski definition) is 3. The Bertz CT molecular complexity index is 4920. The molecule has 3 aliphatic rings. The second kappa shape index (κ2) is 27.8. The molecular formula is C74H69ClFN5O12S3. The maximum atomic E-state index is 13.4. The summed E-state index contributed by atoms with van der Waals surface area (Å²) in [6, 6.07) is 49.1. The standard InChI is InChI=1S/C26H23ClN2O4S.C26H23FN2O4S.C22H23NO4S/c2*27-19-8-10-20(11-9-19)34(32,33)26-18(4-3-13-28-26)15-22-21-5-1-2-6-23(21)29-16-17(14-25(30)31)7-12-24(22)29;1-28(26,27)17-11-9-15(10-12-17)13-19-18-6-2-3-7-20(18)23-16(14-22(24)25)5-4-8-21(19)23/h2*1-6,8-11,13,17H,7,12,14-16H2,(H,30,31);2-3,6-7,9-12,16H,4-5,8,13-14H2,1H3,(H,24,25). The molecule has 3 N–H and O–H groups in total. The van der Waals surface area contributed by atoms with Crippen molar-refractivity contribution in [1.82, 2.24) is 23.7 Å². The minimum atomic E-state index is -3.94. The molecule has 8 heterocycles. The first-order valence-corrected chi connectivity index (χ1v) is 36.9. The fraction of sp³-hybridized carbons (Fsp3) is 0.257. The predicted octanol–water partition coefficient (Wildman–Crippen LogP) is 13.8. The highest BCUT2D eigenvalue weighted by atomic mass is 35.5.